The number of ether oxygens (including phenoxy) is 2. The van der Waals surface area contributed by atoms with Gasteiger partial charge in [0.25, 0.3) is 0 Å². The molecule has 4 bridgehead atoms. The van der Waals surface area contributed by atoms with Crippen LogP contribution >= 0.6 is 0 Å². The number of fused-ring (bicyclic) bond motifs is 1. The molecule has 3 saturated carbocycles. The van der Waals surface area contributed by atoms with Crippen molar-refractivity contribution in [3.8, 4) is 17.2 Å². The molecule has 5 fully saturated rings. The van der Waals surface area contributed by atoms with Crippen molar-refractivity contribution in [3.63, 3.8) is 0 Å². The number of hydrogen-bond donors (Lipinski definition) is 1. The summed E-state index contributed by atoms with van der Waals surface area (Å²) < 4.78 is 12.8. The molecule has 0 amide bonds. The van der Waals surface area contributed by atoms with Crippen molar-refractivity contribution >= 4 is 0 Å². The zero-order valence-corrected chi connectivity index (χ0v) is 20.3. The quantitative estimate of drug-likeness (QED) is 0.674. The van der Waals surface area contributed by atoms with Gasteiger partial charge in [0.15, 0.2) is 11.5 Å². The highest BCUT2D eigenvalue weighted by Gasteiger charge is 2.75. The molecule has 0 spiro atoms. The van der Waals surface area contributed by atoms with Crippen LogP contribution in [-0.2, 0) is 11.8 Å². The van der Waals surface area contributed by atoms with Gasteiger partial charge in [-0.1, -0.05) is 24.3 Å². The number of likely N-dealkylation sites (tertiary alicyclic amines) is 1. The van der Waals surface area contributed by atoms with E-state index in [0.29, 0.717) is 17.5 Å². The number of benzene rings is 2. The van der Waals surface area contributed by atoms with Crippen LogP contribution in [0.4, 0.5) is 0 Å². The fourth-order valence-electron chi connectivity index (χ4n) is 9.73. The Hall–Kier alpha value is -2.04. The van der Waals surface area contributed by atoms with E-state index in [0.717, 1.165) is 35.0 Å². The van der Waals surface area contributed by atoms with Gasteiger partial charge in [0.1, 0.15) is 5.75 Å². The first-order valence-electron chi connectivity index (χ1n) is 13.6. The van der Waals surface area contributed by atoms with Gasteiger partial charge in [0.2, 0.25) is 0 Å². The number of para-hydroxylation sites is 1. The standard InChI is InChI=1S/C30H36N2O2/c1-33-24-10-9-20-15-25-29-12-11-23-26(21(16-29)17-31-23)30(29,13-14-32(25)18-19-7-8-19)27(20)28(24)34-22-5-3-2-4-6-22/h2-6,9-10,19,21,23,25-26,31H,7-8,11-18H2,1H3/t21-,23?,25?,26?,29?,30?/m1/s1. The summed E-state index contributed by atoms with van der Waals surface area (Å²) in [6.07, 6.45) is 9.46. The molecule has 8 rings (SSSR count). The summed E-state index contributed by atoms with van der Waals surface area (Å²) >= 11 is 0. The van der Waals surface area contributed by atoms with Gasteiger partial charge in [-0.15, -0.1) is 0 Å². The van der Waals surface area contributed by atoms with Gasteiger partial charge in [-0.05, 0) is 105 Å². The summed E-state index contributed by atoms with van der Waals surface area (Å²) in [4.78, 5) is 2.95. The van der Waals surface area contributed by atoms with Gasteiger partial charge in [0.05, 0.1) is 7.11 Å². The molecule has 2 saturated heterocycles. The Kier molecular flexibility index (Phi) is 4.16. The predicted molar refractivity (Wildman–Crippen MR) is 133 cm³/mol. The van der Waals surface area contributed by atoms with Crippen molar-refractivity contribution in [2.45, 2.75) is 62.4 Å². The van der Waals surface area contributed by atoms with Crippen molar-refractivity contribution in [2.75, 3.05) is 26.7 Å². The van der Waals surface area contributed by atoms with Crippen LogP contribution in [0.1, 0.15) is 49.7 Å². The lowest BCUT2D eigenvalue weighted by Gasteiger charge is -2.66. The highest BCUT2D eigenvalue weighted by Crippen LogP contribution is 2.75. The smallest absolute Gasteiger partial charge is 0.173 e. The maximum Gasteiger partial charge on any atom is 0.173 e. The van der Waals surface area contributed by atoms with E-state index in [9.17, 15) is 0 Å². The minimum Gasteiger partial charge on any atom is -0.493 e. The SMILES string of the molecule is COc1ccc2c(c1Oc1ccccc1)C13CCN(CC4CC4)C(C2)C12CCC1NC[C@@H](C2)C13. The molecule has 2 aliphatic heterocycles. The third-order valence-electron chi connectivity index (χ3n) is 10.9. The van der Waals surface area contributed by atoms with Crippen molar-refractivity contribution in [3.05, 3.63) is 53.6 Å². The minimum absolute atomic E-state index is 0.209. The maximum absolute atomic E-state index is 6.79. The topological polar surface area (TPSA) is 33.7 Å². The van der Waals surface area contributed by atoms with Crippen LogP contribution in [0.5, 0.6) is 17.2 Å². The largest absolute Gasteiger partial charge is 0.493 e. The van der Waals surface area contributed by atoms with Crippen molar-refractivity contribution in [1.82, 2.24) is 10.2 Å². The van der Waals surface area contributed by atoms with E-state index in [1.54, 1.807) is 7.11 Å². The molecule has 0 radical (unpaired) electrons. The summed E-state index contributed by atoms with van der Waals surface area (Å²) in [7, 11) is 1.80. The lowest BCUT2D eigenvalue weighted by atomic mass is 9.43. The maximum atomic E-state index is 6.79. The van der Waals surface area contributed by atoms with E-state index in [1.165, 1.54) is 75.7 Å². The Labute approximate surface area is 203 Å². The molecule has 2 heterocycles. The molecule has 178 valence electrons. The lowest BCUT2D eigenvalue weighted by Crippen LogP contribution is -2.69. The molecule has 6 aliphatic rings. The monoisotopic (exact) mass is 456 g/mol. The fraction of sp³-hybridized carbons (Fsp3) is 0.600. The van der Waals surface area contributed by atoms with Gasteiger partial charge < -0.3 is 14.8 Å². The van der Waals surface area contributed by atoms with E-state index in [1.807, 2.05) is 0 Å². The van der Waals surface area contributed by atoms with Crippen LogP contribution in [0, 0.1) is 23.2 Å². The number of piperidine rings is 1. The van der Waals surface area contributed by atoms with Gasteiger partial charge in [0, 0.05) is 29.6 Å². The van der Waals surface area contributed by atoms with Gasteiger partial charge in [-0.2, -0.15) is 0 Å². The summed E-state index contributed by atoms with van der Waals surface area (Å²) in [6.45, 7) is 3.79. The van der Waals surface area contributed by atoms with Crippen molar-refractivity contribution < 1.29 is 9.47 Å². The van der Waals surface area contributed by atoms with Crippen LogP contribution in [0.15, 0.2) is 42.5 Å². The first kappa shape index (κ1) is 20.2. The number of methoxy groups -OCH3 is 1. The van der Waals surface area contributed by atoms with Gasteiger partial charge >= 0.3 is 0 Å². The zero-order valence-electron chi connectivity index (χ0n) is 20.3. The first-order valence-corrected chi connectivity index (χ1v) is 13.6. The Morgan fingerprint density at radius 2 is 1.94 bits per heavy atom. The van der Waals surface area contributed by atoms with E-state index >= 15 is 0 Å². The molecule has 5 unspecified atom stereocenters. The van der Waals surface area contributed by atoms with Gasteiger partial charge in [-0.3, -0.25) is 4.90 Å². The minimum atomic E-state index is 0.209. The van der Waals surface area contributed by atoms with E-state index in [4.69, 9.17) is 9.47 Å². The molecule has 4 heteroatoms. The van der Waals surface area contributed by atoms with Crippen LogP contribution in [0.2, 0.25) is 0 Å². The highest BCUT2D eigenvalue weighted by atomic mass is 16.5. The molecule has 4 aliphatic carbocycles. The average molecular weight is 457 g/mol. The predicted octanol–water partition coefficient (Wildman–Crippen LogP) is 5.15. The van der Waals surface area contributed by atoms with Crippen molar-refractivity contribution in [1.29, 1.82) is 0 Å². The van der Waals surface area contributed by atoms with E-state index < -0.39 is 0 Å². The molecule has 1 N–H and O–H groups in total. The summed E-state index contributed by atoms with van der Waals surface area (Å²) in [5.74, 6) is 5.32. The zero-order chi connectivity index (χ0) is 22.5. The molecule has 4 nitrogen and oxygen atoms in total. The number of hydrogen-bond acceptors (Lipinski definition) is 4. The molecule has 6 atom stereocenters. The Morgan fingerprint density at radius 3 is 2.76 bits per heavy atom. The Bertz CT molecular complexity index is 1130. The second-order valence-electron chi connectivity index (χ2n) is 12.1. The number of rotatable bonds is 5. The first-order chi connectivity index (χ1) is 16.7. The molecule has 2 aromatic rings. The lowest BCUT2D eigenvalue weighted by molar-refractivity contribution is -0.0948. The van der Waals surface area contributed by atoms with E-state index in [-0.39, 0.29) is 5.41 Å². The molecule has 0 aromatic heterocycles. The third kappa shape index (κ3) is 2.47. The summed E-state index contributed by atoms with van der Waals surface area (Å²) in [5.41, 5.74) is 3.66. The molecule has 2 aromatic carbocycles. The summed E-state index contributed by atoms with van der Waals surface area (Å²) in [5, 5.41) is 3.97. The van der Waals surface area contributed by atoms with Crippen molar-refractivity contribution in [2.24, 2.45) is 23.2 Å². The number of nitrogens with one attached hydrogen (secondary N) is 1. The fourth-order valence-corrected chi connectivity index (χ4v) is 9.73. The molecular weight excluding hydrogens is 420 g/mol. The number of nitrogens with zero attached hydrogens (tertiary/aromatic N) is 1. The van der Waals surface area contributed by atoms with Crippen LogP contribution in [0.3, 0.4) is 0 Å². The second kappa shape index (κ2) is 7.01. The summed E-state index contributed by atoms with van der Waals surface area (Å²) in [6, 6.07) is 16.3. The average Bonchev–Trinajstić information content (AvgIpc) is 3.52. The van der Waals surface area contributed by atoms with Crippen LogP contribution < -0.4 is 14.8 Å². The van der Waals surface area contributed by atoms with E-state index in [2.05, 4.69) is 52.7 Å². The van der Waals surface area contributed by atoms with Crippen LogP contribution in [-0.4, -0.2) is 43.7 Å². The second-order valence-corrected chi connectivity index (χ2v) is 12.1. The normalized spacial score (nSPS) is 39.4. The molecule has 34 heavy (non-hydrogen) atoms. The highest BCUT2D eigenvalue weighted by molar-refractivity contribution is 5.61. The van der Waals surface area contributed by atoms with Crippen LogP contribution in [0.25, 0.3) is 0 Å². The Morgan fingerprint density at radius 1 is 1.06 bits per heavy atom. The third-order valence-corrected chi connectivity index (χ3v) is 10.9. The Balaban J connectivity index is 1.35. The van der Waals surface area contributed by atoms with Gasteiger partial charge in [-0.25, -0.2) is 0 Å². The molecular formula is C30H36N2O2.